The first-order valence-corrected chi connectivity index (χ1v) is 5.88. The van der Waals surface area contributed by atoms with Crippen LogP contribution >= 0.6 is 0 Å². The van der Waals surface area contributed by atoms with Gasteiger partial charge >= 0.3 is 0 Å². The lowest BCUT2D eigenvalue weighted by molar-refractivity contribution is 0.237. The summed E-state index contributed by atoms with van der Waals surface area (Å²) in [6.07, 6.45) is 4.47. The molecule has 2 heterocycles. The van der Waals surface area contributed by atoms with Gasteiger partial charge in [-0.05, 0) is 51.2 Å². The van der Waals surface area contributed by atoms with Crippen LogP contribution in [0.25, 0.3) is 0 Å². The third-order valence-electron chi connectivity index (χ3n) is 3.91. The molecule has 0 saturated carbocycles. The zero-order valence-electron chi connectivity index (χ0n) is 9.21. The molecule has 2 nitrogen and oxygen atoms in total. The van der Waals surface area contributed by atoms with Crippen molar-refractivity contribution >= 4 is 0 Å². The van der Waals surface area contributed by atoms with E-state index >= 15 is 0 Å². The molecule has 0 amide bonds. The van der Waals surface area contributed by atoms with Crippen molar-refractivity contribution in [3.05, 3.63) is 12.7 Å². The molecule has 0 aliphatic carbocycles. The van der Waals surface area contributed by atoms with Crippen molar-refractivity contribution in [1.29, 1.82) is 0 Å². The fraction of sp³-hybridized carbons (Fsp3) is 0.833. The molecule has 2 saturated heterocycles. The molecule has 0 bridgehead atoms. The van der Waals surface area contributed by atoms with Crippen molar-refractivity contribution in [3.63, 3.8) is 0 Å². The Labute approximate surface area is 87.4 Å². The zero-order chi connectivity index (χ0) is 9.97. The summed E-state index contributed by atoms with van der Waals surface area (Å²) in [5.41, 5.74) is 0. The van der Waals surface area contributed by atoms with E-state index in [0.29, 0.717) is 0 Å². The minimum Gasteiger partial charge on any atom is -0.316 e. The van der Waals surface area contributed by atoms with E-state index in [1.165, 1.54) is 32.6 Å². The van der Waals surface area contributed by atoms with Crippen LogP contribution in [-0.2, 0) is 0 Å². The molecule has 0 aromatic heterocycles. The van der Waals surface area contributed by atoms with E-state index < -0.39 is 0 Å². The van der Waals surface area contributed by atoms with Crippen LogP contribution in [0, 0.1) is 11.8 Å². The Bertz CT molecular complexity index is 202. The van der Waals surface area contributed by atoms with Gasteiger partial charge in [0.05, 0.1) is 0 Å². The summed E-state index contributed by atoms with van der Waals surface area (Å²) in [5.74, 6) is 1.84. The van der Waals surface area contributed by atoms with Crippen LogP contribution in [-0.4, -0.2) is 37.1 Å². The number of hydrogen-bond donors (Lipinski definition) is 1. The Morgan fingerprint density at radius 1 is 1.50 bits per heavy atom. The first-order chi connectivity index (χ1) is 6.83. The highest BCUT2D eigenvalue weighted by Gasteiger charge is 2.40. The number of unbranched alkanes of at least 4 members (excludes halogenated alkanes) is 1. The molecule has 80 valence electrons. The highest BCUT2D eigenvalue weighted by atomic mass is 15.2. The van der Waals surface area contributed by atoms with Gasteiger partial charge < -0.3 is 5.32 Å². The Balaban J connectivity index is 1.81. The van der Waals surface area contributed by atoms with Gasteiger partial charge in [-0.3, -0.25) is 4.90 Å². The zero-order valence-corrected chi connectivity index (χ0v) is 9.21. The molecule has 0 aromatic rings. The molecule has 0 spiro atoms. The second-order valence-corrected chi connectivity index (χ2v) is 4.75. The van der Waals surface area contributed by atoms with Crippen molar-refractivity contribution in [1.82, 2.24) is 10.2 Å². The van der Waals surface area contributed by atoms with E-state index in [-0.39, 0.29) is 0 Å². The van der Waals surface area contributed by atoms with E-state index in [1.54, 1.807) is 0 Å². The van der Waals surface area contributed by atoms with E-state index in [2.05, 4.69) is 23.7 Å². The summed E-state index contributed by atoms with van der Waals surface area (Å²) in [7, 11) is 0. The Kier molecular flexibility index (Phi) is 3.24. The number of nitrogens with one attached hydrogen (secondary N) is 1. The fourth-order valence-electron chi connectivity index (χ4n) is 2.99. The molecule has 0 radical (unpaired) electrons. The Hall–Kier alpha value is -0.340. The molecule has 0 aromatic carbocycles. The summed E-state index contributed by atoms with van der Waals surface area (Å²) < 4.78 is 0. The Morgan fingerprint density at radius 3 is 3.07 bits per heavy atom. The van der Waals surface area contributed by atoms with Crippen molar-refractivity contribution in [2.45, 2.75) is 25.8 Å². The van der Waals surface area contributed by atoms with E-state index in [4.69, 9.17) is 0 Å². The first-order valence-electron chi connectivity index (χ1n) is 5.88. The maximum Gasteiger partial charge on any atom is 0.0111 e. The molecule has 14 heavy (non-hydrogen) atoms. The maximum absolute atomic E-state index is 3.77. The molecule has 2 fully saturated rings. The van der Waals surface area contributed by atoms with Gasteiger partial charge in [0.25, 0.3) is 0 Å². The van der Waals surface area contributed by atoms with Gasteiger partial charge in [0.15, 0.2) is 0 Å². The Morgan fingerprint density at radius 2 is 2.36 bits per heavy atom. The molecule has 2 aliphatic heterocycles. The van der Waals surface area contributed by atoms with Crippen LogP contribution in [0.5, 0.6) is 0 Å². The summed E-state index contributed by atoms with van der Waals surface area (Å²) in [6.45, 7) is 11.2. The third kappa shape index (κ3) is 1.86. The quantitative estimate of drug-likeness (QED) is 0.539. The van der Waals surface area contributed by atoms with Crippen LogP contribution in [0.4, 0.5) is 0 Å². The minimum atomic E-state index is 0.791. The lowest BCUT2D eigenvalue weighted by Gasteiger charge is -2.23. The molecule has 2 rings (SSSR count). The van der Waals surface area contributed by atoms with E-state index in [1.807, 2.05) is 6.08 Å². The predicted octanol–water partition coefficient (Wildman–Crippen LogP) is 1.49. The first kappa shape index (κ1) is 10.2. The number of likely N-dealkylation sites (tertiary alicyclic amines) is 1. The molecule has 2 aliphatic rings. The van der Waals surface area contributed by atoms with Gasteiger partial charge in [-0.1, -0.05) is 6.08 Å². The van der Waals surface area contributed by atoms with Crippen molar-refractivity contribution < 1.29 is 0 Å². The molecule has 1 N–H and O–H groups in total. The van der Waals surface area contributed by atoms with Crippen LogP contribution < -0.4 is 5.32 Å². The molecular formula is C12H22N2. The van der Waals surface area contributed by atoms with Crippen molar-refractivity contribution in [2.24, 2.45) is 11.8 Å². The lowest BCUT2D eigenvalue weighted by atomic mass is 9.95. The van der Waals surface area contributed by atoms with Crippen LogP contribution in [0.15, 0.2) is 12.7 Å². The van der Waals surface area contributed by atoms with E-state index in [9.17, 15) is 0 Å². The monoisotopic (exact) mass is 194 g/mol. The van der Waals surface area contributed by atoms with E-state index in [0.717, 1.165) is 24.3 Å². The second kappa shape index (κ2) is 4.45. The van der Waals surface area contributed by atoms with Crippen LogP contribution in [0.2, 0.25) is 0 Å². The fourth-order valence-corrected chi connectivity index (χ4v) is 2.99. The number of nitrogens with zero attached hydrogens (tertiary/aromatic N) is 1. The maximum atomic E-state index is 3.77. The van der Waals surface area contributed by atoms with Gasteiger partial charge in [0.1, 0.15) is 0 Å². The molecular weight excluding hydrogens is 172 g/mol. The van der Waals surface area contributed by atoms with Gasteiger partial charge in [0, 0.05) is 12.6 Å². The van der Waals surface area contributed by atoms with Crippen molar-refractivity contribution in [3.8, 4) is 0 Å². The summed E-state index contributed by atoms with van der Waals surface area (Å²) in [6, 6.07) is 0.791. The molecule has 3 unspecified atom stereocenters. The second-order valence-electron chi connectivity index (χ2n) is 4.75. The van der Waals surface area contributed by atoms with Crippen LogP contribution in [0.3, 0.4) is 0 Å². The van der Waals surface area contributed by atoms with Gasteiger partial charge in [0.2, 0.25) is 0 Å². The number of allylic oxidation sites excluding steroid dienone is 1. The highest BCUT2D eigenvalue weighted by molar-refractivity contribution is 4.96. The topological polar surface area (TPSA) is 15.3 Å². The minimum absolute atomic E-state index is 0.791. The summed E-state index contributed by atoms with van der Waals surface area (Å²) in [5, 5.41) is 3.50. The molecule has 2 heteroatoms. The summed E-state index contributed by atoms with van der Waals surface area (Å²) >= 11 is 0. The average Bonchev–Trinajstić information content (AvgIpc) is 2.72. The van der Waals surface area contributed by atoms with Gasteiger partial charge in [-0.15, -0.1) is 6.58 Å². The predicted molar refractivity (Wildman–Crippen MR) is 60.3 cm³/mol. The largest absolute Gasteiger partial charge is 0.316 e. The van der Waals surface area contributed by atoms with Gasteiger partial charge in [-0.25, -0.2) is 0 Å². The third-order valence-corrected chi connectivity index (χ3v) is 3.91. The summed E-state index contributed by atoms with van der Waals surface area (Å²) in [4.78, 5) is 2.67. The highest BCUT2D eigenvalue weighted by Crippen LogP contribution is 2.32. The smallest absolute Gasteiger partial charge is 0.0111 e. The number of fused-ring (bicyclic) bond motifs is 1. The normalized spacial score (nSPS) is 37.4. The lowest BCUT2D eigenvalue weighted by Crippen LogP contribution is -2.33. The number of hydrogen-bond acceptors (Lipinski definition) is 2. The SMILES string of the molecule is C=CCCCN1CC2CNCC2C1C. The standard InChI is InChI=1S/C12H22N2/c1-3-4-5-6-14-9-11-7-13-8-12(11)10(14)2/h3,10-13H,1,4-9H2,2H3. The average molecular weight is 194 g/mol. The number of rotatable bonds is 4. The molecule has 3 atom stereocenters. The van der Waals surface area contributed by atoms with Crippen molar-refractivity contribution in [2.75, 3.05) is 26.2 Å². The van der Waals surface area contributed by atoms with Crippen LogP contribution in [0.1, 0.15) is 19.8 Å². The van der Waals surface area contributed by atoms with Gasteiger partial charge in [-0.2, -0.15) is 0 Å².